The van der Waals surface area contributed by atoms with Gasteiger partial charge in [-0.2, -0.15) is 0 Å². The van der Waals surface area contributed by atoms with Crippen molar-refractivity contribution in [1.29, 1.82) is 0 Å². The molecular weight excluding hydrogens is 372 g/mol. The minimum Gasteiger partial charge on any atom is -0.507 e. The van der Waals surface area contributed by atoms with Crippen LogP contribution < -0.4 is 0 Å². The number of Topliss-reactive ketones (excluding diaryl/α,β-unsaturated/α-hetero) is 2. The molecule has 0 radical (unpaired) electrons. The minimum absolute atomic E-state index is 0.00392. The Morgan fingerprint density at radius 2 is 1.40 bits per heavy atom. The van der Waals surface area contributed by atoms with Gasteiger partial charge >= 0.3 is 0 Å². The third kappa shape index (κ3) is 6.17. The number of aliphatic hydroxyl groups is 1. The molecule has 1 N–H and O–H groups in total. The summed E-state index contributed by atoms with van der Waals surface area (Å²) in [4.78, 5) is 26.9. The first-order chi connectivity index (χ1) is 13.8. The molecule has 0 bridgehead atoms. The Balaban J connectivity index is 3.82. The molecule has 3 heteroatoms. The first-order valence-electron chi connectivity index (χ1n) is 10.9. The monoisotopic (exact) mass is 412 g/mol. The number of allylic oxidation sites excluding steroid dienone is 9. The molecule has 0 saturated heterocycles. The minimum atomic E-state index is -0.840. The van der Waals surface area contributed by atoms with Gasteiger partial charge < -0.3 is 5.11 Å². The molecule has 0 heterocycles. The lowest BCUT2D eigenvalue weighted by molar-refractivity contribution is -0.127. The molecule has 30 heavy (non-hydrogen) atoms. The number of carbonyl (C=O) groups is 2. The fourth-order valence-corrected chi connectivity index (χ4v) is 3.75. The van der Waals surface area contributed by atoms with Gasteiger partial charge in [-0.3, -0.25) is 9.59 Å². The van der Waals surface area contributed by atoms with E-state index in [4.69, 9.17) is 0 Å². The van der Waals surface area contributed by atoms with Crippen molar-refractivity contribution in [1.82, 2.24) is 0 Å². The van der Waals surface area contributed by atoms with Crippen molar-refractivity contribution in [3.63, 3.8) is 0 Å². The van der Waals surface area contributed by atoms with E-state index in [0.29, 0.717) is 24.8 Å². The van der Waals surface area contributed by atoms with Crippen molar-refractivity contribution in [3.05, 3.63) is 57.4 Å². The summed E-state index contributed by atoms with van der Waals surface area (Å²) >= 11 is 0. The maximum atomic E-state index is 13.9. The SMILES string of the molecule is CC(C)=CCC1=C(C)C(CC=C(C)C)(CC=C(C)C)C(=O)C(C(=O)CC(C)C)=C1O. The molecule has 0 amide bonds. The Hall–Kier alpha value is -2.16. The second-order valence-electron chi connectivity index (χ2n) is 9.72. The zero-order valence-electron chi connectivity index (χ0n) is 20.4. The van der Waals surface area contributed by atoms with Gasteiger partial charge in [0.1, 0.15) is 11.3 Å². The van der Waals surface area contributed by atoms with Crippen LogP contribution >= 0.6 is 0 Å². The Kier molecular flexibility index (Phi) is 9.27. The van der Waals surface area contributed by atoms with E-state index in [-0.39, 0.29) is 35.2 Å². The van der Waals surface area contributed by atoms with Crippen molar-refractivity contribution >= 4 is 11.6 Å². The van der Waals surface area contributed by atoms with Crippen LogP contribution in [0.5, 0.6) is 0 Å². The lowest BCUT2D eigenvalue weighted by atomic mass is 9.63. The highest BCUT2D eigenvalue weighted by Gasteiger charge is 2.47. The first-order valence-corrected chi connectivity index (χ1v) is 10.9. The number of hydrogen-bond donors (Lipinski definition) is 1. The molecular formula is C27H40O3. The fourth-order valence-electron chi connectivity index (χ4n) is 3.75. The largest absolute Gasteiger partial charge is 0.507 e. The summed E-state index contributed by atoms with van der Waals surface area (Å²) in [7, 11) is 0. The second kappa shape index (κ2) is 10.7. The second-order valence-corrected chi connectivity index (χ2v) is 9.72. The molecule has 0 unspecified atom stereocenters. The highest BCUT2D eigenvalue weighted by Crippen LogP contribution is 2.47. The third-order valence-electron chi connectivity index (χ3n) is 5.66. The Bertz CT molecular complexity index is 809. The zero-order valence-corrected chi connectivity index (χ0v) is 20.4. The predicted molar refractivity (Wildman–Crippen MR) is 126 cm³/mol. The summed E-state index contributed by atoms with van der Waals surface area (Å²) < 4.78 is 0. The van der Waals surface area contributed by atoms with Crippen LogP contribution in [-0.2, 0) is 9.59 Å². The summed E-state index contributed by atoms with van der Waals surface area (Å²) in [6.45, 7) is 17.9. The summed E-state index contributed by atoms with van der Waals surface area (Å²) in [5.41, 5.74) is 4.14. The average molecular weight is 413 g/mol. The van der Waals surface area contributed by atoms with Crippen LogP contribution in [0.25, 0.3) is 0 Å². The van der Waals surface area contributed by atoms with Crippen molar-refractivity contribution in [2.24, 2.45) is 11.3 Å². The van der Waals surface area contributed by atoms with Crippen LogP contribution in [0.15, 0.2) is 57.4 Å². The van der Waals surface area contributed by atoms with Crippen LogP contribution in [0.2, 0.25) is 0 Å². The number of hydrogen-bond acceptors (Lipinski definition) is 3. The van der Waals surface area contributed by atoms with E-state index in [0.717, 1.165) is 22.3 Å². The van der Waals surface area contributed by atoms with Crippen molar-refractivity contribution in [2.45, 2.75) is 88.0 Å². The summed E-state index contributed by atoms with van der Waals surface area (Å²) in [6.07, 6.45) is 8.00. The van der Waals surface area contributed by atoms with Gasteiger partial charge in [-0.05, 0) is 79.2 Å². The zero-order chi connectivity index (χ0) is 23.2. The predicted octanol–water partition coefficient (Wildman–Crippen LogP) is 7.37. The number of aliphatic hydroxyl groups excluding tert-OH is 1. The number of carbonyl (C=O) groups excluding carboxylic acids is 2. The van der Waals surface area contributed by atoms with E-state index < -0.39 is 5.41 Å². The quantitative estimate of drug-likeness (QED) is 0.318. The summed E-state index contributed by atoms with van der Waals surface area (Å²) in [5.74, 6) is -0.498. The third-order valence-corrected chi connectivity index (χ3v) is 5.66. The molecule has 166 valence electrons. The molecule has 0 aromatic carbocycles. The van der Waals surface area contributed by atoms with Crippen LogP contribution in [0.1, 0.15) is 88.0 Å². The Morgan fingerprint density at radius 1 is 0.933 bits per heavy atom. The van der Waals surface area contributed by atoms with Crippen molar-refractivity contribution < 1.29 is 14.7 Å². The van der Waals surface area contributed by atoms with Crippen LogP contribution in [-0.4, -0.2) is 16.7 Å². The Labute approximate surface area is 183 Å². The lowest BCUT2D eigenvalue weighted by Gasteiger charge is -2.38. The molecule has 0 aromatic rings. The molecule has 0 spiro atoms. The topological polar surface area (TPSA) is 54.4 Å². The number of ketones is 2. The molecule has 0 saturated carbocycles. The van der Waals surface area contributed by atoms with E-state index in [1.807, 2.05) is 68.4 Å². The van der Waals surface area contributed by atoms with Crippen molar-refractivity contribution in [3.8, 4) is 0 Å². The van der Waals surface area contributed by atoms with Crippen LogP contribution in [0, 0.1) is 11.3 Å². The van der Waals surface area contributed by atoms with Gasteiger partial charge in [0.2, 0.25) is 0 Å². The van der Waals surface area contributed by atoms with Crippen LogP contribution in [0.3, 0.4) is 0 Å². The summed E-state index contributed by atoms with van der Waals surface area (Å²) in [5, 5.41) is 11.1. The molecule has 0 fully saturated rings. The molecule has 1 aliphatic carbocycles. The highest BCUT2D eigenvalue weighted by molar-refractivity contribution is 6.24. The van der Waals surface area contributed by atoms with Crippen molar-refractivity contribution in [2.75, 3.05) is 0 Å². The van der Waals surface area contributed by atoms with E-state index in [1.165, 1.54) is 0 Å². The molecule has 0 aliphatic heterocycles. The maximum Gasteiger partial charge on any atom is 0.181 e. The smallest absolute Gasteiger partial charge is 0.181 e. The van der Waals surface area contributed by atoms with E-state index in [1.54, 1.807) is 0 Å². The highest BCUT2D eigenvalue weighted by atomic mass is 16.3. The van der Waals surface area contributed by atoms with Gasteiger partial charge in [0.05, 0.1) is 5.41 Å². The van der Waals surface area contributed by atoms with Gasteiger partial charge in [-0.25, -0.2) is 0 Å². The van der Waals surface area contributed by atoms with E-state index in [2.05, 4.69) is 12.2 Å². The van der Waals surface area contributed by atoms with Gasteiger partial charge in [-0.15, -0.1) is 0 Å². The average Bonchev–Trinajstić information content (AvgIpc) is 2.60. The standard InChI is InChI=1S/C27H40O3/c1-17(2)10-11-22-21(9)27(14-12-18(3)4,15-13-19(5)6)26(30)24(25(22)29)23(28)16-20(7)8/h10,12-13,20,29H,11,14-16H2,1-9H3. The number of rotatable bonds is 9. The molecule has 3 nitrogen and oxygen atoms in total. The first kappa shape index (κ1) is 25.9. The fraction of sp³-hybridized carbons (Fsp3) is 0.556. The molecule has 1 rings (SSSR count). The van der Waals surface area contributed by atoms with E-state index in [9.17, 15) is 14.7 Å². The van der Waals surface area contributed by atoms with Gasteiger partial charge in [0, 0.05) is 6.42 Å². The molecule has 0 aromatic heterocycles. The van der Waals surface area contributed by atoms with Gasteiger partial charge in [0.25, 0.3) is 0 Å². The lowest BCUT2D eigenvalue weighted by Crippen LogP contribution is -2.40. The normalized spacial score (nSPS) is 16.0. The van der Waals surface area contributed by atoms with Gasteiger partial charge in [-0.1, -0.05) is 54.4 Å². The van der Waals surface area contributed by atoms with Gasteiger partial charge in [0.15, 0.2) is 11.6 Å². The summed E-state index contributed by atoms with van der Waals surface area (Å²) in [6, 6.07) is 0. The van der Waals surface area contributed by atoms with Crippen LogP contribution in [0.4, 0.5) is 0 Å². The molecule has 1 aliphatic rings. The van der Waals surface area contributed by atoms with E-state index >= 15 is 0 Å². The molecule has 0 atom stereocenters. The Morgan fingerprint density at radius 3 is 1.80 bits per heavy atom. The maximum absolute atomic E-state index is 13.9.